The first kappa shape index (κ1) is 21.1. The van der Waals surface area contributed by atoms with E-state index in [0.29, 0.717) is 33.9 Å². The number of amides is 1. The van der Waals surface area contributed by atoms with Gasteiger partial charge >= 0.3 is 0 Å². The van der Waals surface area contributed by atoms with E-state index in [4.69, 9.17) is 11.6 Å². The summed E-state index contributed by atoms with van der Waals surface area (Å²) < 4.78 is 17.4. The van der Waals surface area contributed by atoms with Crippen LogP contribution in [0.2, 0.25) is 5.02 Å². The van der Waals surface area contributed by atoms with E-state index in [1.54, 1.807) is 52.8 Å². The third kappa shape index (κ3) is 4.95. The molecule has 1 N–H and O–H groups in total. The number of nitrogens with one attached hydrogen (secondary N) is 1. The summed E-state index contributed by atoms with van der Waals surface area (Å²) in [6, 6.07) is 15.6. The molecule has 0 spiro atoms. The van der Waals surface area contributed by atoms with Crippen LogP contribution in [0.25, 0.3) is 11.4 Å². The largest absolute Gasteiger partial charge is 0.310 e. The van der Waals surface area contributed by atoms with E-state index in [2.05, 4.69) is 20.6 Å². The molecule has 2 heterocycles. The summed E-state index contributed by atoms with van der Waals surface area (Å²) in [5, 5.41) is 16.4. The van der Waals surface area contributed by atoms with Crippen molar-refractivity contribution in [1.29, 1.82) is 0 Å². The fourth-order valence-corrected chi connectivity index (χ4v) is 3.92. The van der Waals surface area contributed by atoms with Crippen LogP contribution in [0.4, 0.5) is 10.2 Å². The first-order chi connectivity index (χ1) is 15.0. The molecule has 4 rings (SSSR count). The number of thioether (sulfide) groups is 1. The Kier molecular flexibility index (Phi) is 6.34. The predicted molar refractivity (Wildman–Crippen MR) is 119 cm³/mol. The summed E-state index contributed by atoms with van der Waals surface area (Å²) in [4.78, 5) is 12.5. The van der Waals surface area contributed by atoms with Crippen LogP contribution in [0.5, 0.6) is 0 Å². The highest BCUT2D eigenvalue weighted by atomic mass is 35.5. The lowest BCUT2D eigenvalue weighted by molar-refractivity contribution is -0.113. The van der Waals surface area contributed by atoms with Gasteiger partial charge in [0.1, 0.15) is 11.6 Å². The fraction of sp³-hybridized carbons (Fsp3) is 0.143. The Morgan fingerprint density at radius 1 is 1.16 bits per heavy atom. The second-order valence-electron chi connectivity index (χ2n) is 6.69. The molecule has 0 radical (unpaired) electrons. The monoisotopic (exact) mass is 456 g/mol. The molecular formula is C21H18ClFN6OS. The van der Waals surface area contributed by atoms with E-state index in [1.165, 1.54) is 17.8 Å². The summed E-state index contributed by atoms with van der Waals surface area (Å²) in [5.41, 5.74) is 1.33. The Morgan fingerprint density at radius 2 is 2.00 bits per heavy atom. The van der Waals surface area contributed by atoms with Gasteiger partial charge in [-0.1, -0.05) is 47.6 Å². The molecule has 31 heavy (non-hydrogen) atoms. The van der Waals surface area contributed by atoms with Crippen molar-refractivity contribution in [1.82, 2.24) is 24.5 Å². The Morgan fingerprint density at radius 3 is 2.81 bits per heavy atom. The molecule has 2 aromatic carbocycles. The number of hydrogen-bond donors (Lipinski definition) is 1. The average Bonchev–Trinajstić information content (AvgIpc) is 3.33. The van der Waals surface area contributed by atoms with Gasteiger partial charge in [0, 0.05) is 18.1 Å². The molecule has 0 bridgehead atoms. The molecule has 0 aliphatic rings. The van der Waals surface area contributed by atoms with Gasteiger partial charge in [-0.2, -0.15) is 5.10 Å². The Balaban J connectivity index is 1.39. The first-order valence-corrected chi connectivity index (χ1v) is 10.7. The van der Waals surface area contributed by atoms with E-state index in [1.807, 2.05) is 18.2 Å². The first-order valence-electron chi connectivity index (χ1n) is 9.34. The molecule has 0 aliphatic heterocycles. The minimum atomic E-state index is -0.375. The highest BCUT2D eigenvalue weighted by Crippen LogP contribution is 2.24. The van der Waals surface area contributed by atoms with Gasteiger partial charge in [0.2, 0.25) is 5.91 Å². The highest BCUT2D eigenvalue weighted by molar-refractivity contribution is 7.99. The average molecular weight is 457 g/mol. The van der Waals surface area contributed by atoms with E-state index >= 15 is 0 Å². The number of benzene rings is 2. The molecule has 2 aromatic heterocycles. The van der Waals surface area contributed by atoms with Crippen molar-refractivity contribution in [3.63, 3.8) is 0 Å². The lowest BCUT2D eigenvalue weighted by Crippen LogP contribution is -2.18. The van der Waals surface area contributed by atoms with Gasteiger partial charge < -0.3 is 9.88 Å². The Labute approximate surface area is 187 Å². The molecule has 0 saturated carbocycles. The van der Waals surface area contributed by atoms with Gasteiger partial charge in [0.25, 0.3) is 0 Å². The number of nitrogens with zero attached hydrogens (tertiary/aromatic N) is 5. The fourth-order valence-electron chi connectivity index (χ4n) is 3.00. The quantitative estimate of drug-likeness (QED) is 0.421. The summed E-state index contributed by atoms with van der Waals surface area (Å²) >= 11 is 7.25. The van der Waals surface area contributed by atoms with E-state index in [-0.39, 0.29) is 17.5 Å². The number of carbonyl (C=O) groups excluding carboxylic acids is 1. The number of anilines is 1. The number of hydrogen-bond acceptors (Lipinski definition) is 5. The number of carbonyl (C=O) groups is 1. The van der Waals surface area contributed by atoms with Crippen molar-refractivity contribution in [3.8, 4) is 11.4 Å². The number of halogens is 2. The van der Waals surface area contributed by atoms with Gasteiger partial charge in [-0.05, 0) is 29.8 Å². The summed E-state index contributed by atoms with van der Waals surface area (Å²) in [6.07, 6.45) is 1.62. The normalized spacial score (nSPS) is 10.9. The van der Waals surface area contributed by atoms with E-state index in [0.717, 1.165) is 5.56 Å². The Bertz CT molecular complexity index is 1220. The van der Waals surface area contributed by atoms with Gasteiger partial charge in [0.15, 0.2) is 11.0 Å². The van der Waals surface area contributed by atoms with Crippen LogP contribution in [0, 0.1) is 5.82 Å². The van der Waals surface area contributed by atoms with E-state index < -0.39 is 0 Å². The van der Waals surface area contributed by atoms with Crippen molar-refractivity contribution >= 4 is 35.1 Å². The highest BCUT2D eigenvalue weighted by Gasteiger charge is 2.16. The molecule has 0 aliphatic carbocycles. The lowest BCUT2D eigenvalue weighted by Gasteiger charge is -2.09. The van der Waals surface area contributed by atoms with E-state index in [9.17, 15) is 9.18 Å². The summed E-state index contributed by atoms with van der Waals surface area (Å²) in [5.74, 6) is 0.510. The molecule has 4 aromatic rings. The van der Waals surface area contributed by atoms with Gasteiger partial charge in [0.05, 0.1) is 24.1 Å². The third-order valence-corrected chi connectivity index (χ3v) is 5.74. The lowest BCUT2D eigenvalue weighted by atomic mass is 10.2. The summed E-state index contributed by atoms with van der Waals surface area (Å²) in [7, 11) is 1.74. The second-order valence-corrected chi connectivity index (χ2v) is 8.06. The van der Waals surface area contributed by atoms with Crippen LogP contribution in [-0.2, 0) is 18.4 Å². The van der Waals surface area contributed by atoms with Crippen molar-refractivity contribution in [2.75, 3.05) is 11.1 Å². The minimum absolute atomic E-state index is 0.117. The standard InChI is InChI=1S/C21H18ClFN6OS/c1-28-20(16-7-2-3-8-17(16)23)26-27-21(28)31-13-19(30)25-18-9-10-24-29(18)12-14-5-4-6-15(22)11-14/h2-11H,12-13H2,1H3,(H,25,30). The molecule has 0 atom stereocenters. The van der Waals surface area contributed by atoms with Crippen molar-refractivity contribution in [2.45, 2.75) is 11.7 Å². The molecule has 0 fully saturated rings. The van der Waals surface area contributed by atoms with Crippen LogP contribution in [-0.4, -0.2) is 36.2 Å². The molecule has 7 nitrogen and oxygen atoms in total. The zero-order valence-electron chi connectivity index (χ0n) is 16.5. The van der Waals surface area contributed by atoms with Crippen LogP contribution in [0.1, 0.15) is 5.56 Å². The topological polar surface area (TPSA) is 77.6 Å². The van der Waals surface area contributed by atoms with Gasteiger partial charge in [-0.15, -0.1) is 10.2 Å². The predicted octanol–water partition coefficient (Wildman–Crippen LogP) is 4.25. The third-order valence-electron chi connectivity index (χ3n) is 4.49. The minimum Gasteiger partial charge on any atom is -0.310 e. The number of aromatic nitrogens is 5. The maximum absolute atomic E-state index is 14.0. The van der Waals surface area contributed by atoms with Crippen LogP contribution < -0.4 is 5.32 Å². The molecular weight excluding hydrogens is 439 g/mol. The van der Waals surface area contributed by atoms with Crippen molar-refractivity contribution in [3.05, 3.63) is 77.2 Å². The van der Waals surface area contributed by atoms with Crippen molar-refractivity contribution in [2.24, 2.45) is 7.05 Å². The zero-order chi connectivity index (χ0) is 21.8. The van der Waals surface area contributed by atoms with Crippen LogP contribution in [0.3, 0.4) is 0 Å². The SMILES string of the molecule is Cn1c(SCC(=O)Nc2ccnn2Cc2cccc(Cl)c2)nnc1-c1ccccc1F. The molecule has 158 valence electrons. The molecule has 1 amide bonds. The smallest absolute Gasteiger partial charge is 0.235 e. The maximum atomic E-state index is 14.0. The van der Waals surface area contributed by atoms with Gasteiger partial charge in [-0.25, -0.2) is 9.07 Å². The van der Waals surface area contributed by atoms with Crippen molar-refractivity contribution < 1.29 is 9.18 Å². The number of rotatable bonds is 7. The van der Waals surface area contributed by atoms with Gasteiger partial charge in [-0.3, -0.25) is 4.79 Å². The zero-order valence-corrected chi connectivity index (χ0v) is 18.1. The Hall–Kier alpha value is -3.17. The second kappa shape index (κ2) is 9.32. The van der Waals surface area contributed by atoms with Crippen LogP contribution >= 0.6 is 23.4 Å². The van der Waals surface area contributed by atoms with Crippen LogP contribution in [0.15, 0.2) is 66.0 Å². The summed E-state index contributed by atoms with van der Waals surface area (Å²) in [6.45, 7) is 0.478. The molecule has 0 unspecified atom stereocenters. The molecule has 0 saturated heterocycles. The maximum Gasteiger partial charge on any atom is 0.235 e. The molecule has 10 heteroatoms.